The molecule has 0 radical (unpaired) electrons. The fourth-order valence-corrected chi connectivity index (χ4v) is 2.22. The lowest BCUT2D eigenvalue weighted by Crippen LogP contribution is -2.24. The van der Waals surface area contributed by atoms with Gasteiger partial charge in [0.05, 0.1) is 15.5 Å². The molecule has 74 valence electrons. The second kappa shape index (κ2) is 3.87. The van der Waals surface area contributed by atoms with Gasteiger partial charge in [-0.1, -0.05) is 0 Å². The van der Waals surface area contributed by atoms with Gasteiger partial charge >= 0.3 is 0 Å². The molecular weight excluding hydrogens is 267 g/mol. The Labute approximate surface area is 95.2 Å². The van der Waals surface area contributed by atoms with Crippen molar-refractivity contribution in [1.29, 1.82) is 0 Å². The number of pyridine rings is 1. The Bertz CT molecular complexity index is 372. The predicted molar refractivity (Wildman–Crippen MR) is 58.5 cm³/mol. The molecule has 3 nitrogen and oxygen atoms in total. The molecule has 2 heterocycles. The van der Waals surface area contributed by atoms with Gasteiger partial charge in [-0.15, -0.1) is 11.6 Å². The maximum Gasteiger partial charge on any atom is 0.228 e. The number of carbonyl (C=O) groups excluding carboxylic acids is 1. The fourth-order valence-electron chi connectivity index (χ4n) is 1.48. The van der Waals surface area contributed by atoms with Crippen molar-refractivity contribution < 1.29 is 4.79 Å². The van der Waals surface area contributed by atoms with Gasteiger partial charge < -0.3 is 4.90 Å². The van der Waals surface area contributed by atoms with Crippen LogP contribution in [0.15, 0.2) is 22.9 Å². The van der Waals surface area contributed by atoms with E-state index in [1.807, 2.05) is 0 Å². The molecule has 0 aromatic carbocycles. The van der Waals surface area contributed by atoms with Gasteiger partial charge in [0, 0.05) is 25.4 Å². The Balaban J connectivity index is 2.32. The van der Waals surface area contributed by atoms with Crippen LogP contribution in [0.25, 0.3) is 0 Å². The number of halogens is 2. The van der Waals surface area contributed by atoms with Crippen LogP contribution in [0.4, 0.5) is 5.69 Å². The van der Waals surface area contributed by atoms with Crippen LogP contribution in [0, 0.1) is 0 Å². The summed E-state index contributed by atoms with van der Waals surface area (Å²) in [5.74, 6) is 0.0666. The van der Waals surface area contributed by atoms with Gasteiger partial charge in [0.25, 0.3) is 0 Å². The van der Waals surface area contributed by atoms with Crippen molar-refractivity contribution in [2.24, 2.45) is 0 Å². The third-order valence-corrected chi connectivity index (χ3v) is 3.02. The summed E-state index contributed by atoms with van der Waals surface area (Å²) in [5.41, 5.74) is 0.841. The molecule has 2 rings (SSSR count). The SMILES string of the molecule is O=C1CC(Cl)CN1c1ccncc1Br. The van der Waals surface area contributed by atoms with E-state index >= 15 is 0 Å². The molecule has 1 unspecified atom stereocenters. The Morgan fingerprint density at radius 2 is 2.43 bits per heavy atom. The largest absolute Gasteiger partial charge is 0.310 e. The first-order valence-corrected chi connectivity index (χ1v) is 5.45. The van der Waals surface area contributed by atoms with Gasteiger partial charge in [-0.25, -0.2) is 0 Å². The predicted octanol–water partition coefficient (Wildman–Crippen LogP) is 2.19. The lowest BCUT2D eigenvalue weighted by atomic mass is 10.3. The first-order chi connectivity index (χ1) is 6.68. The van der Waals surface area contributed by atoms with Crippen molar-refractivity contribution in [3.63, 3.8) is 0 Å². The molecule has 1 fully saturated rings. The minimum atomic E-state index is -0.0810. The van der Waals surface area contributed by atoms with Gasteiger partial charge in [0.1, 0.15) is 0 Å². The third-order valence-electron chi connectivity index (χ3n) is 2.12. The van der Waals surface area contributed by atoms with Gasteiger partial charge in [-0.2, -0.15) is 0 Å². The molecule has 1 aliphatic heterocycles. The number of hydrogen-bond donors (Lipinski definition) is 0. The van der Waals surface area contributed by atoms with Crippen LogP contribution in [0.1, 0.15) is 6.42 Å². The maximum absolute atomic E-state index is 11.5. The molecule has 1 aliphatic rings. The molecule has 1 amide bonds. The zero-order valence-corrected chi connectivity index (χ0v) is 9.62. The zero-order valence-electron chi connectivity index (χ0n) is 7.28. The Morgan fingerprint density at radius 1 is 1.64 bits per heavy atom. The number of carbonyl (C=O) groups is 1. The average Bonchev–Trinajstić information content (AvgIpc) is 2.46. The molecule has 1 aromatic heterocycles. The second-order valence-electron chi connectivity index (χ2n) is 3.13. The van der Waals surface area contributed by atoms with E-state index in [-0.39, 0.29) is 11.3 Å². The Morgan fingerprint density at radius 3 is 3.00 bits per heavy atom. The summed E-state index contributed by atoms with van der Waals surface area (Å²) in [6, 6.07) is 1.80. The highest BCUT2D eigenvalue weighted by atomic mass is 79.9. The van der Waals surface area contributed by atoms with Crippen LogP contribution in [0.5, 0.6) is 0 Å². The van der Waals surface area contributed by atoms with E-state index in [0.717, 1.165) is 10.2 Å². The van der Waals surface area contributed by atoms with Crippen molar-refractivity contribution in [3.8, 4) is 0 Å². The molecule has 0 aliphatic carbocycles. The number of nitrogens with zero attached hydrogens (tertiary/aromatic N) is 2. The highest BCUT2D eigenvalue weighted by Gasteiger charge is 2.29. The van der Waals surface area contributed by atoms with E-state index in [9.17, 15) is 4.79 Å². The van der Waals surface area contributed by atoms with Gasteiger partial charge in [0.2, 0.25) is 5.91 Å². The second-order valence-corrected chi connectivity index (χ2v) is 4.60. The quantitative estimate of drug-likeness (QED) is 0.736. The first kappa shape index (κ1) is 9.93. The minimum absolute atomic E-state index is 0.0666. The maximum atomic E-state index is 11.5. The average molecular weight is 276 g/mol. The normalized spacial score (nSPS) is 21.7. The van der Waals surface area contributed by atoms with Gasteiger partial charge in [0.15, 0.2) is 0 Å². The van der Waals surface area contributed by atoms with Crippen LogP contribution in [0.2, 0.25) is 0 Å². The standard InChI is InChI=1S/C9H8BrClN2O/c10-7-4-12-2-1-8(7)13-5-6(11)3-9(13)14/h1-2,4,6H,3,5H2. The van der Waals surface area contributed by atoms with Crippen LogP contribution in [-0.4, -0.2) is 22.8 Å². The number of aromatic nitrogens is 1. The van der Waals surface area contributed by atoms with Crippen LogP contribution >= 0.6 is 27.5 Å². The smallest absolute Gasteiger partial charge is 0.228 e. The molecule has 14 heavy (non-hydrogen) atoms. The third kappa shape index (κ3) is 1.77. The molecule has 0 saturated carbocycles. The number of amides is 1. The van der Waals surface area contributed by atoms with Gasteiger partial charge in [-0.05, 0) is 22.0 Å². The van der Waals surface area contributed by atoms with Crippen molar-refractivity contribution >= 4 is 39.1 Å². The number of anilines is 1. The van der Waals surface area contributed by atoms with Crippen LogP contribution in [-0.2, 0) is 4.79 Å². The summed E-state index contributed by atoms with van der Waals surface area (Å²) < 4.78 is 0.819. The minimum Gasteiger partial charge on any atom is -0.310 e. The highest BCUT2D eigenvalue weighted by Crippen LogP contribution is 2.29. The molecule has 0 N–H and O–H groups in total. The first-order valence-electron chi connectivity index (χ1n) is 4.22. The summed E-state index contributed by atoms with van der Waals surface area (Å²) in [6.45, 7) is 0.572. The van der Waals surface area contributed by atoms with Crippen molar-refractivity contribution in [2.45, 2.75) is 11.8 Å². The lowest BCUT2D eigenvalue weighted by Gasteiger charge is -2.16. The lowest BCUT2D eigenvalue weighted by molar-refractivity contribution is -0.117. The fraction of sp³-hybridized carbons (Fsp3) is 0.333. The van der Waals surface area contributed by atoms with Crippen LogP contribution in [0.3, 0.4) is 0 Å². The highest BCUT2D eigenvalue weighted by molar-refractivity contribution is 9.10. The molecule has 1 aromatic rings. The summed E-state index contributed by atoms with van der Waals surface area (Å²) in [5, 5.41) is -0.0810. The topological polar surface area (TPSA) is 33.2 Å². The number of rotatable bonds is 1. The van der Waals surface area contributed by atoms with E-state index in [1.165, 1.54) is 0 Å². The molecule has 0 spiro atoms. The molecule has 1 saturated heterocycles. The summed E-state index contributed by atoms with van der Waals surface area (Å²) in [7, 11) is 0. The zero-order chi connectivity index (χ0) is 10.1. The monoisotopic (exact) mass is 274 g/mol. The number of alkyl halides is 1. The summed E-state index contributed by atoms with van der Waals surface area (Å²) >= 11 is 9.26. The Kier molecular flexibility index (Phi) is 2.74. The van der Waals surface area contributed by atoms with Crippen LogP contribution < -0.4 is 4.90 Å². The molecule has 5 heteroatoms. The molecular formula is C9H8BrClN2O. The van der Waals surface area contributed by atoms with Crippen molar-refractivity contribution in [2.75, 3.05) is 11.4 Å². The van der Waals surface area contributed by atoms with Crippen molar-refractivity contribution in [3.05, 3.63) is 22.9 Å². The number of hydrogen-bond acceptors (Lipinski definition) is 2. The van der Waals surface area contributed by atoms with Crippen molar-refractivity contribution in [1.82, 2.24) is 4.98 Å². The molecule has 0 bridgehead atoms. The Hall–Kier alpha value is -0.610. The molecule has 1 atom stereocenters. The van der Waals surface area contributed by atoms with E-state index in [0.29, 0.717) is 13.0 Å². The van der Waals surface area contributed by atoms with E-state index in [4.69, 9.17) is 11.6 Å². The van der Waals surface area contributed by atoms with E-state index in [2.05, 4.69) is 20.9 Å². The van der Waals surface area contributed by atoms with E-state index in [1.54, 1.807) is 23.4 Å². The summed E-state index contributed by atoms with van der Waals surface area (Å²) in [4.78, 5) is 17.2. The summed E-state index contributed by atoms with van der Waals surface area (Å²) in [6.07, 6.45) is 3.75. The van der Waals surface area contributed by atoms with E-state index < -0.39 is 0 Å². The van der Waals surface area contributed by atoms with Gasteiger partial charge in [-0.3, -0.25) is 9.78 Å².